The van der Waals surface area contributed by atoms with Gasteiger partial charge in [-0.2, -0.15) is 0 Å². The first-order valence-electron chi connectivity index (χ1n) is 15.6. The first-order chi connectivity index (χ1) is 22.8. The average Bonchev–Trinajstić information content (AvgIpc) is 3.09. The lowest BCUT2D eigenvalue weighted by Crippen LogP contribution is -2.53. The van der Waals surface area contributed by atoms with Crippen molar-refractivity contribution in [3.05, 3.63) is 120 Å². The highest BCUT2D eigenvalue weighted by molar-refractivity contribution is 7.92. The highest BCUT2D eigenvalue weighted by atomic mass is 32.2. The lowest BCUT2D eigenvalue weighted by Gasteiger charge is -2.34. The van der Waals surface area contributed by atoms with Crippen LogP contribution in [0, 0.1) is 5.82 Å². The number of sulfonamides is 1. The summed E-state index contributed by atoms with van der Waals surface area (Å²) in [5.74, 6) is -0.832. The van der Waals surface area contributed by atoms with Crippen molar-refractivity contribution in [2.45, 2.75) is 43.7 Å². The van der Waals surface area contributed by atoms with Crippen LogP contribution in [-0.2, 0) is 32.6 Å². The molecule has 4 aromatic carbocycles. The zero-order valence-corrected chi connectivity index (χ0v) is 27.0. The van der Waals surface area contributed by atoms with Gasteiger partial charge in [-0.1, -0.05) is 74.0 Å². The molecule has 0 unspecified atom stereocenters. The number of carbonyl (C=O) groups excluding carboxylic acids is 2. The predicted molar refractivity (Wildman–Crippen MR) is 177 cm³/mol. The fraction of sp³-hybridized carbons (Fsp3) is 0.278. The van der Waals surface area contributed by atoms with Gasteiger partial charge in [-0.3, -0.25) is 13.9 Å². The molecule has 1 aliphatic heterocycles. The first kappa shape index (κ1) is 33.5. The molecular formula is C36H38FN3O6S. The molecule has 0 aliphatic carbocycles. The second-order valence-electron chi connectivity index (χ2n) is 11.2. The molecule has 246 valence electrons. The molecule has 0 spiro atoms. The molecule has 0 fully saturated rings. The third-order valence-corrected chi connectivity index (χ3v) is 9.56. The molecule has 1 aliphatic rings. The second-order valence-corrected chi connectivity index (χ2v) is 13.0. The lowest BCUT2D eigenvalue weighted by molar-refractivity contribution is -0.140. The number of ether oxygens (including phenoxy) is 2. The van der Waals surface area contributed by atoms with E-state index in [9.17, 15) is 22.4 Å². The Labute approximate surface area is 275 Å². The number of unbranched alkanes of at least 4 members (excludes halogenated alkanes) is 1. The van der Waals surface area contributed by atoms with Crippen LogP contribution in [0.4, 0.5) is 10.1 Å². The molecular weight excluding hydrogens is 621 g/mol. The summed E-state index contributed by atoms with van der Waals surface area (Å²) < 4.78 is 54.7. The van der Waals surface area contributed by atoms with Crippen molar-refractivity contribution in [3.63, 3.8) is 0 Å². The smallest absolute Gasteiger partial charge is 0.264 e. The number of benzene rings is 4. The number of fused-ring (bicyclic) bond motifs is 1. The Morgan fingerprint density at radius 3 is 2.15 bits per heavy atom. The quantitative estimate of drug-likeness (QED) is 0.183. The monoisotopic (exact) mass is 659 g/mol. The number of anilines is 1. The van der Waals surface area contributed by atoms with Crippen molar-refractivity contribution in [3.8, 4) is 11.5 Å². The third kappa shape index (κ3) is 8.48. The molecule has 0 aromatic heterocycles. The molecule has 11 heteroatoms. The number of hydrogen-bond acceptors (Lipinski definition) is 6. The number of nitrogens with zero attached hydrogens (tertiary/aromatic N) is 2. The second kappa shape index (κ2) is 15.6. The van der Waals surface area contributed by atoms with Gasteiger partial charge in [0, 0.05) is 25.6 Å². The highest BCUT2D eigenvalue weighted by Gasteiger charge is 2.35. The molecule has 1 N–H and O–H groups in total. The SMILES string of the molecule is CCCCNC(=O)[C@@H](Cc1ccccc1)N(Cc1ccccc1)C(=O)CN(c1ccc(F)cc1)S(=O)(=O)c1ccc2c(c1)OCCO2. The zero-order chi connectivity index (χ0) is 33.2. The Bertz CT molecular complexity index is 1750. The van der Waals surface area contributed by atoms with Crippen molar-refractivity contribution in [2.24, 2.45) is 0 Å². The van der Waals surface area contributed by atoms with Crippen LogP contribution in [0.2, 0.25) is 0 Å². The van der Waals surface area contributed by atoms with Crippen LogP contribution in [0.25, 0.3) is 0 Å². The van der Waals surface area contributed by atoms with Gasteiger partial charge in [-0.15, -0.1) is 0 Å². The molecule has 4 aromatic rings. The van der Waals surface area contributed by atoms with Gasteiger partial charge < -0.3 is 19.7 Å². The molecule has 0 radical (unpaired) electrons. The topological polar surface area (TPSA) is 105 Å². The van der Waals surface area contributed by atoms with Gasteiger partial charge >= 0.3 is 0 Å². The van der Waals surface area contributed by atoms with Crippen molar-refractivity contribution >= 4 is 27.5 Å². The summed E-state index contributed by atoms with van der Waals surface area (Å²) in [6, 6.07) is 26.7. The maximum atomic E-state index is 14.5. The molecule has 47 heavy (non-hydrogen) atoms. The van der Waals surface area contributed by atoms with E-state index in [1.807, 2.05) is 67.6 Å². The van der Waals surface area contributed by atoms with Crippen molar-refractivity contribution < 1.29 is 31.9 Å². The van der Waals surface area contributed by atoms with Crippen molar-refractivity contribution in [1.82, 2.24) is 10.2 Å². The Morgan fingerprint density at radius 1 is 0.851 bits per heavy atom. The van der Waals surface area contributed by atoms with E-state index in [2.05, 4.69) is 5.32 Å². The van der Waals surface area contributed by atoms with Gasteiger partial charge in [0.15, 0.2) is 11.5 Å². The summed E-state index contributed by atoms with van der Waals surface area (Å²) in [6.07, 6.45) is 1.85. The van der Waals surface area contributed by atoms with Gasteiger partial charge in [0.05, 0.1) is 10.6 Å². The number of nitrogens with one attached hydrogen (secondary N) is 1. The maximum Gasteiger partial charge on any atom is 0.264 e. The number of amides is 2. The Hall–Kier alpha value is -4.90. The number of halogens is 1. The van der Waals surface area contributed by atoms with Gasteiger partial charge in [-0.05, 0) is 53.9 Å². The van der Waals surface area contributed by atoms with E-state index in [-0.39, 0.29) is 41.8 Å². The molecule has 2 amide bonds. The summed E-state index contributed by atoms with van der Waals surface area (Å²) in [5, 5.41) is 2.97. The highest BCUT2D eigenvalue weighted by Crippen LogP contribution is 2.34. The summed E-state index contributed by atoms with van der Waals surface area (Å²) >= 11 is 0. The van der Waals surface area contributed by atoms with E-state index in [1.54, 1.807) is 0 Å². The van der Waals surface area contributed by atoms with Gasteiger partial charge in [0.1, 0.15) is 31.6 Å². The lowest BCUT2D eigenvalue weighted by atomic mass is 10.0. The fourth-order valence-electron chi connectivity index (χ4n) is 5.29. The minimum Gasteiger partial charge on any atom is -0.486 e. The van der Waals surface area contributed by atoms with Crippen LogP contribution in [-0.4, -0.2) is 57.5 Å². The molecule has 0 saturated carbocycles. The molecule has 1 atom stereocenters. The molecule has 9 nitrogen and oxygen atoms in total. The Kier molecular flexibility index (Phi) is 11.1. The van der Waals surface area contributed by atoms with Gasteiger partial charge in [0.2, 0.25) is 11.8 Å². The summed E-state index contributed by atoms with van der Waals surface area (Å²) in [6.45, 7) is 2.46. The first-order valence-corrected chi connectivity index (χ1v) is 17.0. The van der Waals surface area contributed by atoms with Crippen molar-refractivity contribution in [1.29, 1.82) is 0 Å². The van der Waals surface area contributed by atoms with Gasteiger partial charge in [-0.25, -0.2) is 12.8 Å². The van der Waals surface area contributed by atoms with Crippen LogP contribution < -0.4 is 19.1 Å². The van der Waals surface area contributed by atoms with Crippen molar-refractivity contribution in [2.75, 3.05) is 30.6 Å². The summed E-state index contributed by atoms with van der Waals surface area (Å²) in [7, 11) is -4.40. The largest absolute Gasteiger partial charge is 0.486 e. The zero-order valence-electron chi connectivity index (χ0n) is 26.2. The van der Waals surface area contributed by atoms with E-state index in [4.69, 9.17) is 9.47 Å². The third-order valence-electron chi connectivity index (χ3n) is 7.79. The number of hydrogen-bond donors (Lipinski definition) is 1. The molecule has 5 rings (SSSR count). The standard InChI is InChI=1S/C36H38FN3O6S/c1-2-3-20-38-36(42)32(23-27-10-6-4-7-11-27)39(25-28-12-8-5-9-13-28)35(41)26-40(30-16-14-29(37)15-17-30)47(43,44)31-18-19-33-34(24-31)46-22-21-45-33/h4-19,24,32H,2-3,20-23,25-26H2,1H3,(H,38,42)/t32-/m1/s1. The normalized spacial score (nSPS) is 13.0. The minimum absolute atomic E-state index is 0.0553. The summed E-state index contributed by atoms with van der Waals surface area (Å²) in [5.41, 5.74) is 1.69. The van der Waals surface area contributed by atoms with Crippen LogP contribution in [0.3, 0.4) is 0 Å². The van der Waals surface area contributed by atoms with Crippen LogP contribution in [0.1, 0.15) is 30.9 Å². The summed E-state index contributed by atoms with van der Waals surface area (Å²) in [4.78, 5) is 29.6. The van der Waals surface area contributed by atoms with Crippen LogP contribution >= 0.6 is 0 Å². The van der Waals surface area contributed by atoms with E-state index in [0.29, 0.717) is 18.9 Å². The Balaban J connectivity index is 1.55. The average molecular weight is 660 g/mol. The fourth-order valence-corrected chi connectivity index (χ4v) is 6.72. The maximum absolute atomic E-state index is 14.5. The predicted octanol–water partition coefficient (Wildman–Crippen LogP) is 5.35. The van der Waals surface area contributed by atoms with E-state index in [0.717, 1.165) is 40.4 Å². The number of rotatable bonds is 14. The van der Waals surface area contributed by atoms with E-state index in [1.165, 1.54) is 35.2 Å². The van der Waals surface area contributed by atoms with Gasteiger partial charge in [0.25, 0.3) is 10.0 Å². The molecule has 0 saturated heterocycles. The Morgan fingerprint density at radius 2 is 1.49 bits per heavy atom. The number of carbonyl (C=O) groups is 2. The minimum atomic E-state index is -4.40. The van der Waals surface area contributed by atoms with Crippen LogP contribution in [0.15, 0.2) is 108 Å². The van der Waals surface area contributed by atoms with Crippen LogP contribution in [0.5, 0.6) is 11.5 Å². The van der Waals surface area contributed by atoms with E-state index < -0.39 is 34.3 Å². The molecule has 1 heterocycles. The molecule has 0 bridgehead atoms. The van der Waals surface area contributed by atoms with E-state index >= 15 is 0 Å².